The first-order chi connectivity index (χ1) is 11.6. The minimum atomic E-state index is -2.05. The molecule has 0 saturated heterocycles. The van der Waals surface area contributed by atoms with Crippen LogP contribution >= 0.6 is 0 Å². The van der Waals surface area contributed by atoms with Crippen LogP contribution < -0.4 is 8.85 Å². The van der Waals surface area contributed by atoms with Crippen molar-refractivity contribution >= 4 is 27.8 Å². The highest BCUT2D eigenvalue weighted by atomic mass is 28.4. The zero-order valence-electron chi connectivity index (χ0n) is 18.2. The maximum Gasteiger partial charge on any atom is 0.308 e. The second kappa shape index (κ2) is 6.33. The summed E-state index contributed by atoms with van der Waals surface area (Å²) in [7, 11) is -2.17. The van der Waals surface area contributed by atoms with E-state index >= 15 is 0 Å². The van der Waals surface area contributed by atoms with Gasteiger partial charge in [0.1, 0.15) is 5.52 Å². The summed E-state index contributed by atoms with van der Waals surface area (Å²) in [4.78, 5) is 13.6. The lowest BCUT2D eigenvalue weighted by Gasteiger charge is -2.37. The van der Waals surface area contributed by atoms with Crippen LogP contribution in [0.2, 0.25) is 36.3 Å². The van der Waals surface area contributed by atoms with Crippen molar-refractivity contribution < 1.29 is 8.85 Å². The van der Waals surface area contributed by atoms with Crippen LogP contribution in [0.15, 0.2) is 6.33 Å². The molecule has 2 aromatic heterocycles. The number of rotatable bonds is 4. The van der Waals surface area contributed by atoms with E-state index < -0.39 is 16.6 Å². The van der Waals surface area contributed by atoms with E-state index in [2.05, 4.69) is 82.7 Å². The van der Waals surface area contributed by atoms with E-state index in [0.29, 0.717) is 17.5 Å². The Morgan fingerprint density at radius 3 is 1.85 bits per heavy atom. The maximum absolute atomic E-state index is 6.52. The molecule has 26 heavy (non-hydrogen) atoms. The molecule has 0 spiro atoms. The summed E-state index contributed by atoms with van der Waals surface area (Å²) in [6, 6.07) is 0.372. The topological polar surface area (TPSA) is 62.1 Å². The third-order valence-electron chi connectivity index (χ3n) is 5.83. The normalized spacial score (nSPS) is 14.0. The Kier molecular flexibility index (Phi) is 5.09. The standard InChI is InChI=1S/C18H34N4O2Si2/c1-17(2,3)25(8,9)23-15-13-14(19-12-22(13)7)20-16(21-15)24-26(10,11)18(4,5)6/h12H,1-11H3. The van der Waals surface area contributed by atoms with Gasteiger partial charge >= 0.3 is 6.01 Å². The monoisotopic (exact) mass is 394 g/mol. The lowest BCUT2D eigenvalue weighted by atomic mass is 10.2. The molecule has 0 aliphatic heterocycles. The Hall–Kier alpha value is -1.42. The van der Waals surface area contributed by atoms with E-state index in [1.54, 1.807) is 6.33 Å². The first-order valence-corrected chi connectivity index (χ1v) is 14.9. The minimum Gasteiger partial charge on any atom is -0.529 e. The second-order valence-electron chi connectivity index (χ2n) is 10.1. The fourth-order valence-corrected chi connectivity index (χ4v) is 3.68. The molecular weight excluding hydrogens is 360 g/mol. The van der Waals surface area contributed by atoms with E-state index in [4.69, 9.17) is 8.85 Å². The molecule has 0 aliphatic rings. The van der Waals surface area contributed by atoms with Crippen LogP contribution in [-0.2, 0) is 7.05 Å². The van der Waals surface area contributed by atoms with Gasteiger partial charge in [-0.15, -0.1) is 0 Å². The summed E-state index contributed by atoms with van der Waals surface area (Å²) in [5, 5.41) is 0.138. The van der Waals surface area contributed by atoms with Crippen LogP contribution in [0, 0.1) is 0 Å². The Morgan fingerprint density at radius 2 is 1.35 bits per heavy atom. The van der Waals surface area contributed by atoms with Crippen LogP contribution in [-0.4, -0.2) is 36.2 Å². The summed E-state index contributed by atoms with van der Waals surface area (Å²) < 4.78 is 14.8. The molecule has 2 heterocycles. The Balaban J connectivity index is 2.54. The zero-order chi connectivity index (χ0) is 20.1. The third-order valence-corrected chi connectivity index (χ3v) is 14.5. The van der Waals surface area contributed by atoms with Gasteiger partial charge in [0.25, 0.3) is 16.6 Å². The number of hydrogen-bond acceptors (Lipinski definition) is 5. The van der Waals surface area contributed by atoms with Crippen LogP contribution in [0.1, 0.15) is 41.5 Å². The molecular formula is C18H34N4O2Si2. The van der Waals surface area contributed by atoms with Gasteiger partial charge < -0.3 is 13.4 Å². The van der Waals surface area contributed by atoms with Gasteiger partial charge in [-0.1, -0.05) is 41.5 Å². The van der Waals surface area contributed by atoms with E-state index in [-0.39, 0.29) is 10.1 Å². The molecule has 8 heteroatoms. The maximum atomic E-state index is 6.52. The third kappa shape index (κ3) is 3.95. The molecule has 0 fully saturated rings. The molecule has 0 unspecified atom stereocenters. The SMILES string of the molecule is Cn1cnc2nc(O[Si](C)(C)C(C)(C)C)nc(O[Si](C)(C)C(C)(C)C)c21. The van der Waals surface area contributed by atoms with Crippen molar-refractivity contribution in [3.63, 3.8) is 0 Å². The van der Waals surface area contributed by atoms with Gasteiger partial charge in [-0.25, -0.2) is 4.98 Å². The van der Waals surface area contributed by atoms with Gasteiger partial charge in [0.05, 0.1) is 6.33 Å². The van der Waals surface area contributed by atoms with Gasteiger partial charge in [-0.3, -0.25) is 0 Å². The smallest absolute Gasteiger partial charge is 0.308 e. The van der Waals surface area contributed by atoms with Crippen LogP contribution in [0.25, 0.3) is 11.2 Å². The predicted molar refractivity (Wildman–Crippen MR) is 112 cm³/mol. The molecule has 6 nitrogen and oxygen atoms in total. The summed E-state index contributed by atoms with van der Waals surface area (Å²) in [5.41, 5.74) is 1.43. The summed E-state index contributed by atoms with van der Waals surface area (Å²) in [6.45, 7) is 22.1. The molecule has 0 N–H and O–H groups in total. The van der Waals surface area contributed by atoms with Crippen LogP contribution in [0.5, 0.6) is 11.9 Å². The molecule has 146 valence electrons. The van der Waals surface area contributed by atoms with E-state index in [1.807, 2.05) is 11.6 Å². The number of hydrogen-bond donors (Lipinski definition) is 0. The van der Waals surface area contributed by atoms with Crippen LogP contribution in [0.4, 0.5) is 0 Å². The fourth-order valence-electron chi connectivity index (χ4n) is 1.89. The minimum absolute atomic E-state index is 0.0654. The summed E-state index contributed by atoms with van der Waals surface area (Å²) >= 11 is 0. The van der Waals surface area contributed by atoms with Gasteiger partial charge in [0.15, 0.2) is 5.65 Å². The number of aryl methyl sites for hydroxylation is 1. The van der Waals surface area contributed by atoms with Crippen molar-refractivity contribution in [2.24, 2.45) is 7.05 Å². The van der Waals surface area contributed by atoms with Gasteiger partial charge in [0, 0.05) is 7.05 Å². The first-order valence-electron chi connectivity index (χ1n) is 9.12. The molecule has 2 aromatic rings. The fraction of sp³-hybridized carbons (Fsp3) is 0.722. The molecule has 0 aromatic carbocycles. The number of nitrogens with zero attached hydrogens (tertiary/aromatic N) is 4. The highest BCUT2D eigenvalue weighted by molar-refractivity contribution is 6.75. The lowest BCUT2D eigenvalue weighted by Crippen LogP contribution is -2.45. The van der Waals surface area contributed by atoms with E-state index in [0.717, 1.165) is 5.52 Å². The van der Waals surface area contributed by atoms with E-state index in [9.17, 15) is 0 Å². The number of imidazole rings is 1. The number of fused-ring (bicyclic) bond motifs is 1. The lowest BCUT2D eigenvalue weighted by molar-refractivity contribution is 0.436. The van der Waals surface area contributed by atoms with Crippen molar-refractivity contribution in [2.75, 3.05) is 0 Å². The second-order valence-corrected chi connectivity index (χ2v) is 19.5. The van der Waals surface area contributed by atoms with Crippen molar-refractivity contribution in [1.82, 2.24) is 19.5 Å². The Labute approximate surface area is 159 Å². The molecule has 2 rings (SSSR count). The van der Waals surface area contributed by atoms with Crippen molar-refractivity contribution in [2.45, 2.75) is 77.8 Å². The summed E-state index contributed by atoms with van der Waals surface area (Å²) in [5.74, 6) is 0.579. The van der Waals surface area contributed by atoms with Crippen LogP contribution in [0.3, 0.4) is 0 Å². The average molecular weight is 395 g/mol. The van der Waals surface area contributed by atoms with Crippen molar-refractivity contribution in [3.05, 3.63) is 6.33 Å². The molecule has 0 saturated carbocycles. The first kappa shape index (κ1) is 20.9. The summed E-state index contributed by atoms with van der Waals surface area (Å²) in [6.07, 6.45) is 1.74. The predicted octanol–water partition coefficient (Wildman–Crippen LogP) is 5.13. The van der Waals surface area contributed by atoms with Crippen molar-refractivity contribution in [1.29, 1.82) is 0 Å². The molecule has 0 radical (unpaired) electrons. The highest BCUT2D eigenvalue weighted by Crippen LogP contribution is 2.40. The molecule has 0 amide bonds. The van der Waals surface area contributed by atoms with Gasteiger partial charge in [-0.2, -0.15) is 9.97 Å². The largest absolute Gasteiger partial charge is 0.529 e. The molecule has 0 atom stereocenters. The van der Waals surface area contributed by atoms with Gasteiger partial charge in [0.2, 0.25) is 5.88 Å². The zero-order valence-corrected chi connectivity index (χ0v) is 20.2. The Bertz CT molecular complexity index is 802. The quantitative estimate of drug-likeness (QED) is 0.673. The Morgan fingerprint density at radius 1 is 0.846 bits per heavy atom. The number of aromatic nitrogens is 4. The average Bonchev–Trinajstić information content (AvgIpc) is 2.76. The highest BCUT2D eigenvalue weighted by Gasteiger charge is 2.42. The molecule has 0 aliphatic carbocycles. The molecule has 0 bridgehead atoms. The van der Waals surface area contributed by atoms with Crippen molar-refractivity contribution in [3.8, 4) is 11.9 Å². The van der Waals surface area contributed by atoms with E-state index in [1.165, 1.54) is 0 Å². The van der Waals surface area contributed by atoms with Gasteiger partial charge in [-0.05, 0) is 36.3 Å².